The third kappa shape index (κ3) is 3.14. The number of rotatable bonds is 3. The lowest BCUT2D eigenvalue weighted by Gasteiger charge is -1.92. The van der Waals surface area contributed by atoms with Crippen LogP contribution in [0.3, 0.4) is 0 Å². The van der Waals surface area contributed by atoms with Gasteiger partial charge in [0.25, 0.3) is 5.69 Å². The van der Waals surface area contributed by atoms with E-state index in [1.807, 2.05) is 0 Å². The van der Waals surface area contributed by atoms with Gasteiger partial charge in [0.15, 0.2) is 5.17 Å². The molecule has 1 aromatic carbocycles. The average Bonchev–Trinajstić information content (AvgIpc) is 2.76. The summed E-state index contributed by atoms with van der Waals surface area (Å²) in [6.45, 7) is 0. The highest BCUT2D eigenvalue weighted by atomic mass is 32.2. The van der Waals surface area contributed by atoms with E-state index in [0.717, 1.165) is 0 Å². The maximum atomic E-state index is 10.9. The summed E-state index contributed by atoms with van der Waals surface area (Å²) in [5.74, 6) is 0.260. The van der Waals surface area contributed by atoms with Gasteiger partial charge >= 0.3 is 0 Å². The van der Waals surface area contributed by atoms with E-state index in [-0.39, 0.29) is 11.6 Å². The Kier molecular flexibility index (Phi) is 3.68. The molecule has 1 N–H and O–H groups in total. The third-order valence-corrected chi connectivity index (χ3v) is 2.91. The van der Waals surface area contributed by atoms with Crippen LogP contribution in [0.25, 0.3) is 0 Å². The van der Waals surface area contributed by atoms with Gasteiger partial charge < -0.3 is 5.32 Å². The Morgan fingerprint density at radius 3 is 2.67 bits per heavy atom. The van der Waals surface area contributed by atoms with Crippen molar-refractivity contribution in [2.24, 2.45) is 10.2 Å². The summed E-state index contributed by atoms with van der Waals surface area (Å²) in [7, 11) is 0. The molecule has 92 valence electrons. The summed E-state index contributed by atoms with van der Waals surface area (Å²) in [6, 6.07) is 5.92. The van der Waals surface area contributed by atoms with E-state index < -0.39 is 4.92 Å². The highest BCUT2D eigenvalue weighted by molar-refractivity contribution is 8.15. The monoisotopic (exact) mass is 264 g/mol. The van der Waals surface area contributed by atoms with Crippen LogP contribution in [0.4, 0.5) is 5.69 Å². The van der Waals surface area contributed by atoms with Crippen LogP contribution in [0.2, 0.25) is 0 Å². The van der Waals surface area contributed by atoms with Crippen LogP contribution in [0.5, 0.6) is 0 Å². The Morgan fingerprint density at radius 1 is 1.39 bits per heavy atom. The van der Waals surface area contributed by atoms with Crippen molar-refractivity contribution in [1.82, 2.24) is 5.32 Å². The van der Waals surface area contributed by atoms with Gasteiger partial charge in [-0.2, -0.15) is 5.10 Å². The second kappa shape index (κ2) is 5.41. The first-order valence-electron chi connectivity index (χ1n) is 4.93. The molecule has 1 saturated heterocycles. The molecule has 0 spiro atoms. The minimum Gasteiger partial charge on any atom is -0.303 e. The van der Waals surface area contributed by atoms with Crippen molar-refractivity contribution < 1.29 is 9.72 Å². The Morgan fingerprint density at radius 2 is 2.11 bits per heavy atom. The Bertz CT molecular complexity index is 539. The number of non-ortho nitro benzene ring substituents is 1. The number of benzene rings is 1. The van der Waals surface area contributed by atoms with E-state index in [2.05, 4.69) is 15.5 Å². The maximum Gasteiger partial charge on any atom is 0.269 e. The number of amidine groups is 1. The van der Waals surface area contributed by atoms with E-state index in [4.69, 9.17) is 0 Å². The van der Waals surface area contributed by atoms with Gasteiger partial charge in [0, 0.05) is 12.1 Å². The van der Waals surface area contributed by atoms with Crippen LogP contribution in [0.15, 0.2) is 34.5 Å². The summed E-state index contributed by atoms with van der Waals surface area (Å²) in [5.41, 5.74) is 0.719. The van der Waals surface area contributed by atoms with Crippen molar-refractivity contribution in [1.29, 1.82) is 0 Å². The highest BCUT2D eigenvalue weighted by Gasteiger charge is 2.15. The predicted molar refractivity (Wildman–Crippen MR) is 68.7 cm³/mol. The molecule has 0 aliphatic carbocycles. The Hall–Kier alpha value is -2.22. The number of amides is 1. The number of nitrogens with one attached hydrogen (secondary N) is 1. The molecule has 0 saturated carbocycles. The van der Waals surface area contributed by atoms with Gasteiger partial charge in [-0.25, -0.2) is 0 Å². The molecule has 2 rings (SSSR count). The number of hydrogen-bond donors (Lipinski definition) is 1. The molecule has 1 fully saturated rings. The van der Waals surface area contributed by atoms with Gasteiger partial charge in [0.1, 0.15) is 0 Å². The van der Waals surface area contributed by atoms with Crippen molar-refractivity contribution in [3.05, 3.63) is 39.9 Å². The van der Waals surface area contributed by atoms with E-state index in [0.29, 0.717) is 16.5 Å². The van der Waals surface area contributed by atoms with Crippen LogP contribution in [-0.4, -0.2) is 28.0 Å². The van der Waals surface area contributed by atoms with Crippen molar-refractivity contribution in [2.45, 2.75) is 0 Å². The van der Waals surface area contributed by atoms with Crippen molar-refractivity contribution in [3.63, 3.8) is 0 Å². The van der Waals surface area contributed by atoms with E-state index in [1.165, 1.54) is 30.1 Å². The lowest BCUT2D eigenvalue weighted by molar-refractivity contribution is -0.384. The molecule has 1 amide bonds. The summed E-state index contributed by atoms with van der Waals surface area (Å²) in [6.07, 6.45) is 1.46. The average molecular weight is 264 g/mol. The fourth-order valence-corrected chi connectivity index (χ4v) is 1.84. The first kappa shape index (κ1) is 12.2. The van der Waals surface area contributed by atoms with Gasteiger partial charge in [-0.15, -0.1) is 5.10 Å². The minimum atomic E-state index is -0.466. The van der Waals surface area contributed by atoms with Crippen LogP contribution in [0, 0.1) is 10.1 Å². The third-order valence-electron chi connectivity index (χ3n) is 2.05. The van der Waals surface area contributed by atoms with Crippen LogP contribution in [0.1, 0.15) is 5.56 Å². The van der Waals surface area contributed by atoms with Gasteiger partial charge in [-0.3, -0.25) is 14.9 Å². The maximum absolute atomic E-state index is 10.9. The van der Waals surface area contributed by atoms with Crippen molar-refractivity contribution in [3.8, 4) is 0 Å². The first-order valence-corrected chi connectivity index (χ1v) is 5.92. The molecule has 1 heterocycles. The second-order valence-electron chi connectivity index (χ2n) is 3.34. The summed E-state index contributed by atoms with van der Waals surface area (Å²) in [5, 5.41) is 21.0. The number of nitro benzene ring substituents is 1. The molecule has 1 aliphatic rings. The highest BCUT2D eigenvalue weighted by Crippen LogP contribution is 2.11. The Balaban J connectivity index is 2.01. The number of carbonyl (C=O) groups excluding carboxylic acids is 1. The van der Waals surface area contributed by atoms with Crippen molar-refractivity contribution >= 4 is 34.7 Å². The molecule has 8 heteroatoms. The molecule has 18 heavy (non-hydrogen) atoms. The van der Waals surface area contributed by atoms with Gasteiger partial charge in [0.2, 0.25) is 5.91 Å². The fraction of sp³-hybridized carbons (Fsp3) is 0.100. The standard InChI is InChI=1S/C10H8N4O3S/c15-9-6-18-10(12-9)13-11-5-7-1-3-8(4-2-7)14(16)17/h1-5H,6H2,(H,12,13,15). The van der Waals surface area contributed by atoms with Crippen LogP contribution < -0.4 is 5.32 Å². The number of nitro groups is 1. The predicted octanol–water partition coefficient (Wildman–Crippen LogP) is 1.15. The molecule has 0 atom stereocenters. The molecular weight excluding hydrogens is 256 g/mol. The van der Waals surface area contributed by atoms with E-state index in [1.54, 1.807) is 12.1 Å². The lowest BCUT2D eigenvalue weighted by atomic mass is 10.2. The molecule has 1 aliphatic heterocycles. The topological polar surface area (TPSA) is 97.0 Å². The first-order chi connectivity index (χ1) is 8.65. The fourth-order valence-electron chi connectivity index (χ4n) is 1.21. The second-order valence-corrected chi connectivity index (χ2v) is 4.30. The van der Waals surface area contributed by atoms with Crippen LogP contribution >= 0.6 is 11.8 Å². The van der Waals surface area contributed by atoms with E-state index in [9.17, 15) is 14.9 Å². The molecule has 0 bridgehead atoms. The summed E-state index contributed by atoms with van der Waals surface area (Å²) < 4.78 is 0. The molecule has 0 aromatic heterocycles. The van der Waals surface area contributed by atoms with Gasteiger partial charge in [-0.05, 0) is 17.7 Å². The summed E-state index contributed by atoms with van der Waals surface area (Å²) in [4.78, 5) is 20.8. The Labute approximate surface area is 106 Å². The van der Waals surface area contributed by atoms with Gasteiger partial charge in [-0.1, -0.05) is 11.8 Å². The molecule has 7 nitrogen and oxygen atoms in total. The normalized spacial score (nSPS) is 17.3. The number of hydrogen-bond acceptors (Lipinski definition) is 6. The van der Waals surface area contributed by atoms with Gasteiger partial charge in [0.05, 0.1) is 16.9 Å². The zero-order valence-corrected chi connectivity index (χ0v) is 9.88. The zero-order valence-electron chi connectivity index (χ0n) is 9.07. The molecule has 0 unspecified atom stereocenters. The number of thioether (sulfide) groups is 1. The minimum absolute atomic E-state index is 0.0251. The lowest BCUT2D eigenvalue weighted by Crippen LogP contribution is -2.19. The van der Waals surface area contributed by atoms with E-state index >= 15 is 0 Å². The number of nitrogens with zero attached hydrogens (tertiary/aromatic N) is 3. The quantitative estimate of drug-likeness (QED) is 0.503. The molecular formula is C10H8N4O3S. The number of carbonyl (C=O) groups is 1. The largest absolute Gasteiger partial charge is 0.303 e. The summed E-state index contributed by atoms with van der Waals surface area (Å²) >= 11 is 1.28. The zero-order chi connectivity index (χ0) is 13.0. The molecule has 0 radical (unpaired) electrons. The SMILES string of the molecule is O=C1CS/C(=N\N=Cc2ccc([N+](=O)[O-])cc2)N1. The smallest absolute Gasteiger partial charge is 0.269 e. The molecule has 1 aromatic rings. The van der Waals surface area contributed by atoms with Crippen molar-refractivity contribution in [2.75, 3.05) is 5.75 Å². The van der Waals surface area contributed by atoms with Crippen LogP contribution in [-0.2, 0) is 4.79 Å².